The third-order valence-electron chi connectivity index (χ3n) is 11.1. The van der Waals surface area contributed by atoms with E-state index < -0.39 is 34.2 Å². The predicted molar refractivity (Wildman–Crippen MR) is 252 cm³/mol. The summed E-state index contributed by atoms with van der Waals surface area (Å²) in [6.07, 6.45) is 3.47. The van der Waals surface area contributed by atoms with Crippen LogP contribution in [-0.2, 0) is 36.1 Å². The van der Waals surface area contributed by atoms with Crippen molar-refractivity contribution in [3.63, 3.8) is 0 Å². The molecule has 0 saturated carbocycles. The van der Waals surface area contributed by atoms with Crippen LogP contribution in [0.25, 0.3) is 10.2 Å². The average Bonchev–Trinajstić information content (AvgIpc) is 4.00. The molecule has 2 amide bonds. The number of β-lactam (4-membered cyclic amide) rings is 1. The molecule has 0 spiro atoms. The van der Waals surface area contributed by atoms with E-state index in [1.54, 1.807) is 29.8 Å². The number of amides is 2. The Morgan fingerprint density at radius 3 is 2.20 bits per heavy atom. The number of oxime groups is 1. The van der Waals surface area contributed by atoms with Crippen molar-refractivity contribution in [2.45, 2.75) is 27.9 Å². The molecular formula is C47H41N7O6S4. The average molecular weight is 928 g/mol. The zero-order valence-electron chi connectivity index (χ0n) is 34.6. The molecule has 0 bridgehead atoms. The third-order valence-corrected chi connectivity index (χ3v) is 15.9. The number of thioether (sulfide) groups is 2. The van der Waals surface area contributed by atoms with Gasteiger partial charge in [-0.1, -0.05) is 120 Å². The number of aromatic nitrogens is 3. The summed E-state index contributed by atoms with van der Waals surface area (Å²) >= 11 is 5.71. The lowest BCUT2D eigenvalue weighted by Gasteiger charge is -2.54. The number of esters is 1. The maximum Gasteiger partial charge on any atom is 0.315 e. The van der Waals surface area contributed by atoms with Gasteiger partial charge in [0.2, 0.25) is 5.91 Å². The smallest absolute Gasteiger partial charge is 0.315 e. The van der Waals surface area contributed by atoms with Gasteiger partial charge in [0.15, 0.2) is 15.2 Å². The Bertz CT molecular complexity index is 2660. The summed E-state index contributed by atoms with van der Waals surface area (Å²) in [7, 11) is 2.95. The van der Waals surface area contributed by atoms with Gasteiger partial charge in [0.05, 0.1) is 17.3 Å². The number of nitrogens with zero attached hydrogens (tertiary/aromatic N) is 5. The number of methoxy groups -OCH3 is 1. The molecule has 3 aromatic heterocycles. The third kappa shape index (κ3) is 8.55. The standard InChI is InChI=1S/C47H41N7O6S4/c1-58-34-20-18-30(19-21-34)25-60-43(57)46(29-63-45-50-35-22-23-48-24-37(35)64-45)27-54-41(56)39(42(54)62-28-46)51-40(55)38(53-59-2)36-26-61-44(49-36)52-47(31-12-6-3-7-13-31,32-14-8-4-9-15-32)33-16-10-5-11-17-33/h3-24,26,39,42H,25,27-29H2,1-2H3,(H,49,52)(H,51,55)/t39?,42-,46?/m1/s1. The zero-order chi connectivity index (χ0) is 44.1. The van der Waals surface area contributed by atoms with Crippen molar-refractivity contribution in [1.82, 2.24) is 25.2 Å². The molecule has 2 unspecified atom stereocenters. The number of fused-ring (bicyclic) bond motifs is 2. The highest BCUT2D eigenvalue weighted by atomic mass is 32.2. The number of carbonyl (C=O) groups is 3. The Hall–Kier alpha value is -6.27. The predicted octanol–water partition coefficient (Wildman–Crippen LogP) is 7.83. The van der Waals surface area contributed by atoms with E-state index in [2.05, 4.69) is 57.2 Å². The van der Waals surface area contributed by atoms with Gasteiger partial charge in [-0.15, -0.1) is 34.4 Å². The fourth-order valence-corrected chi connectivity index (χ4v) is 12.5. The summed E-state index contributed by atoms with van der Waals surface area (Å²) in [5.41, 5.74) is 2.91. The summed E-state index contributed by atoms with van der Waals surface area (Å²) in [4.78, 5) is 62.8. The number of benzene rings is 4. The van der Waals surface area contributed by atoms with E-state index in [0.29, 0.717) is 22.4 Å². The number of rotatable bonds is 16. The van der Waals surface area contributed by atoms with Crippen molar-refractivity contribution < 1.29 is 28.7 Å². The number of hydrogen-bond donors (Lipinski definition) is 2. The Kier molecular flexibility index (Phi) is 12.7. The largest absolute Gasteiger partial charge is 0.497 e. The molecule has 2 saturated heterocycles. The maximum absolute atomic E-state index is 14.2. The minimum Gasteiger partial charge on any atom is -0.497 e. The van der Waals surface area contributed by atoms with Crippen LogP contribution >= 0.6 is 46.2 Å². The van der Waals surface area contributed by atoms with Crippen molar-refractivity contribution in [2.75, 3.05) is 37.6 Å². The van der Waals surface area contributed by atoms with E-state index in [-0.39, 0.29) is 30.5 Å². The first kappa shape index (κ1) is 43.0. The van der Waals surface area contributed by atoms with Crippen LogP contribution < -0.4 is 15.4 Å². The first-order valence-corrected chi connectivity index (χ1v) is 23.9. The second-order valence-electron chi connectivity index (χ2n) is 15.1. The van der Waals surface area contributed by atoms with Crippen LogP contribution in [-0.4, -0.2) is 87.0 Å². The van der Waals surface area contributed by atoms with Gasteiger partial charge in [0.1, 0.15) is 47.5 Å². The molecule has 64 heavy (non-hydrogen) atoms. The van der Waals surface area contributed by atoms with Crippen LogP contribution in [0.5, 0.6) is 5.75 Å². The van der Waals surface area contributed by atoms with Crippen molar-refractivity contribution in [1.29, 1.82) is 0 Å². The van der Waals surface area contributed by atoms with Crippen LogP contribution in [0.2, 0.25) is 0 Å². The number of ether oxygens (including phenoxy) is 2. The lowest BCUT2D eigenvalue weighted by Crippen LogP contribution is -2.74. The molecule has 13 nitrogen and oxygen atoms in total. The number of pyridine rings is 1. The molecule has 5 heterocycles. The van der Waals surface area contributed by atoms with E-state index >= 15 is 0 Å². The molecule has 2 aliphatic rings. The number of hydrogen-bond acceptors (Lipinski definition) is 15. The van der Waals surface area contributed by atoms with Gasteiger partial charge < -0.3 is 29.8 Å². The Morgan fingerprint density at radius 1 is 0.906 bits per heavy atom. The molecular weight excluding hydrogens is 887 g/mol. The van der Waals surface area contributed by atoms with Crippen molar-refractivity contribution in [3.8, 4) is 5.75 Å². The molecule has 9 rings (SSSR count). The minimum atomic E-state index is -1.06. The molecule has 2 aliphatic heterocycles. The van der Waals surface area contributed by atoms with E-state index in [0.717, 1.165) is 36.8 Å². The summed E-state index contributed by atoms with van der Waals surface area (Å²) in [5.74, 6) is 0.0268. The van der Waals surface area contributed by atoms with Crippen molar-refractivity contribution in [2.24, 2.45) is 10.6 Å². The topological polar surface area (TPSA) is 157 Å². The van der Waals surface area contributed by atoms with Gasteiger partial charge in [-0.25, -0.2) is 9.97 Å². The summed E-state index contributed by atoms with van der Waals surface area (Å²) in [6.45, 7) is 0.173. The molecule has 0 aliphatic carbocycles. The van der Waals surface area contributed by atoms with Gasteiger partial charge in [-0.3, -0.25) is 19.4 Å². The van der Waals surface area contributed by atoms with Gasteiger partial charge in [-0.05, 0) is 40.5 Å². The fourth-order valence-electron chi connectivity index (χ4n) is 7.83. The molecule has 324 valence electrons. The second kappa shape index (κ2) is 18.8. The Labute approximate surface area is 385 Å². The molecule has 3 atom stereocenters. The molecule has 4 aromatic carbocycles. The zero-order valence-corrected chi connectivity index (χ0v) is 37.8. The van der Waals surface area contributed by atoms with E-state index in [4.69, 9.17) is 24.3 Å². The van der Waals surface area contributed by atoms with Gasteiger partial charge in [0.25, 0.3) is 5.91 Å². The first-order valence-electron chi connectivity index (χ1n) is 20.2. The lowest BCUT2D eigenvalue weighted by atomic mass is 9.77. The highest BCUT2D eigenvalue weighted by Gasteiger charge is 2.58. The number of nitrogens with one attached hydrogen (secondary N) is 2. The minimum absolute atomic E-state index is 0.0595. The first-order chi connectivity index (χ1) is 31.3. The monoisotopic (exact) mass is 927 g/mol. The summed E-state index contributed by atoms with van der Waals surface area (Å²) < 4.78 is 13.0. The summed E-state index contributed by atoms with van der Waals surface area (Å²) in [5, 5.41) is 12.6. The van der Waals surface area contributed by atoms with E-state index in [1.165, 1.54) is 53.3 Å². The van der Waals surface area contributed by atoms with Gasteiger partial charge in [-0.2, -0.15) is 0 Å². The molecule has 17 heteroatoms. The number of thiazole rings is 2. The molecule has 2 N–H and O–H groups in total. The molecule has 2 fully saturated rings. The highest BCUT2D eigenvalue weighted by molar-refractivity contribution is 8.01. The second-order valence-corrected chi connectivity index (χ2v) is 19.3. The van der Waals surface area contributed by atoms with Crippen LogP contribution in [0, 0.1) is 5.41 Å². The summed E-state index contributed by atoms with van der Waals surface area (Å²) in [6, 6.07) is 38.7. The Morgan fingerprint density at radius 2 is 1.58 bits per heavy atom. The van der Waals surface area contributed by atoms with Crippen molar-refractivity contribution in [3.05, 3.63) is 167 Å². The van der Waals surface area contributed by atoms with Crippen LogP contribution in [0.1, 0.15) is 27.9 Å². The lowest BCUT2D eigenvalue weighted by molar-refractivity contribution is -0.162. The highest BCUT2D eigenvalue weighted by Crippen LogP contribution is 2.46. The maximum atomic E-state index is 14.2. The van der Waals surface area contributed by atoms with Gasteiger partial charge >= 0.3 is 5.97 Å². The normalized spacial score (nSPS) is 18.4. The van der Waals surface area contributed by atoms with Crippen LogP contribution in [0.15, 0.2) is 149 Å². The molecule has 7 aromatic rings. The number of carbonyl (C=O) groups excluding carboxylic acids is 3. The van der Waals surface area contributed by atoms with E-state index in [1.807, 2.05) is 84.9 Å². The van der Waals surface area contributed by atoms with E-state index in [9.17, 15) is 14.4 Å². The van der Waals surface area contributed by atoms with Crippen molar-refractivity contribution >= 4 is 85.0 Å². The fraction of sp³-hybridized carbons (Fsp3) is 0.213. The molecule has 0 radical (unpaired) electrons. The Balaban J connectivity index is 0.923. The number of anilines is 1. The van der Waals surface area contributed by atoms with Gasteiger partial charge in [0, 0.05) is 35.8 Å². The SMILES string of the molecule is CON=C(C(=O)NC1C(=O)N2CC(CSc3nc4ccncc4s3)(C(=O)OCc3ccc(OC)cc3)CS[C@H]12)c1csc(NC(c2ccccc2)(c2ccccc2)c2ccccc2)n1. The van der Waals surface area contributed by atoms with Crippen LogP contribution in [0.4, 0.5) is 5.13 Å². The quantitative estimate of drug-likeness (QED) is 0.0242. The van der Waals surface area contributed by atoms with Crippen LogP contribution in [0.3, 0.4) is 0 Å².